The van der Waals surface area contributed by atoms with Crippen molar-refractivity contribution in [1.82, 2.24) is 24.7 Å². The van der Waals surface area contributed by atoms with Gasteiger partial charge in [0, 0.05) is 13.2 Å². The fraction of sp³-hybridized carbons (Fsp3) is 0.364. The number of ether oxygens (including phenoxy) is 1. The average molecular weight is 262 g/mol. The van der Waals surface area contributed by atoms with Crippen molar-refractivity contribution in [3.63, 3.8) is 0 Å². The van der Waals surface area contributed by atoms with E-state index in [-0.39, 0.29) is 11.9 Å². The Morgan fingerprint density at radius 2 is 2.32 bits per heavy atom. The highest BCUT2D eigenvalue weighted by Gasteiger charge is 2.14. The first-order valence-electron chi connectivity index (χ1n) is 5.63. The second-order valence-electron chi connectivity index (χ2n) is 3.92. The van der Waals surface area contributed by atoms with E-state index in [1.807, 2.05) is 14.0 Å². The number of aromatic nitrogens is 5. The highest BCUT2D eigenvalue weighted by atomic mass is 16.5. The van der Waals surface area contributed by atoms with Crippen LogP contribution in [-0.4, -0.2) is 37.8 Å². The summed E-state index contributed by atoms with van der Waals surface area (Å²) in [4.78, 5) is 19.2. The molecular formula is C11H14N6O2. The van der Waals surface area contributed by atoms with Crippen LogP contribution >= 0.6 is 0 Å². The zero-order valence-corrected chi connectivity index (χ0v) is 10.9. The average Bonchev–Trinajstić information content (AvgIpc) is 2.84. The Labute approximate surface area is 109 Å². The number of nitrogens with zero attached hydrogens (tertiary/aromatic N) is 5. The van der Waals surface area contributed by atoms with E-state index in [4.69, 9.17) is 0 Å². The number of anilines is 1. The van der Waals surface area contributed by atoms with E-state index < -0.39 is 5.97 Å². The third kappa shape index (κ3) is 2.84. The molecule has 2 aromatic rings. The first-order valence-corrected chi connectivity index (χ1v) is 5.63. The molecule has 0 aliphatic rings. The van der Waals surface area contributed by atoms with Gasteiger partial charge in [0.05, 0.1) is 13.2 Å². The number of hydrogen-bond acceptors (Lipinski definition) is 7. The standard InChI is InChI=1S/C11H14N6O2/c1-7(10-16-13-6-17(10)2)14-8-4-5-12-9(15-8)11(18)19-3/h4-7H,1-3H3,(H,12,14,15). The summed E-state index contributed by atoms with van der Waals surface area (Å²) in [5, 5.41) is 10.9. The predicted molar refractivity (Wildman–Crippen MR) is 66.4 cm³/mol. The lowest BCUT2D eigenvalue weighted by atomic mass is 10.3. The molecule has 0 saturated carbocycles. The topological polar surface area (TPSA) is 94.8 Å². The molecule has 2 heterocycles. The van der Waals surface area contributed by atoms with Gasteiger partial charge in [0.1, 0.15) is 12.1 Å². The Morgan fingerprint density at radius 1 is 1.53 bits per heavy atom. The van der Waals surface area contributed by atoms with Crippen molar-refractivity contribution in [3.8, 4) is 0 Å². The second kappa shape index (κ2) is 5.42. The third-order valence-electron chi connectivity index (χ3n) is 2.52. The van der Waals surface area contributed by atoms with Gasteiger partial charge in [0.15, 0.2) is 5.82 Å². The number of esters is 1. The van der Waals surface area contributed by atoms with Crippen LogP contribution in [0.1, 0.15) is 29.4 Å². The van der Waals surface area contributed by atoms with Crippen LogP contribution < -0.4 is 5.32 Å². The van der Waals surface area contributed by atoms with Gasteiger partial charge < -0.3 is 14.6 Å². The fourth-order valence-corrected chi connectivity index (χ4v) is 1.60. The van der Waals surface area contributed by atoms with Crippen LogP contribution in [0.4, 0.5) is 5.82 Å². The molecule has 8 nitrogen and oxygen atoms in total. The summed E-state index contributed by atoms with van der Waals surface area (Å²) >= 11 is 0. The SMILES string of the molecule is COC(=O)c1nccc(NC(C)c2nncn2C)n1. The number of carbonyl (C=O) groups is 1. The monoisotopic (exact) mass is 262 g/mol. The van der Waals surface area contributed by atoms with Crippen molar-refractivity contribution in [2.75, 3.05) is 12.4 Å². The van der Waals surface area contributed by atoms with Crippen molar-refractivity contribution in [2.24, 2.45) is 7.05 Å². The lowest BCUT2D eigenvalue weighted by Gasteiger charge is -2.13. The molecule has 0 saturated heterocycles. The van der Waals surface area contributed by atoms with Gasteiger partial charge in [-0.15, -0.1) is 10.2 Å². The van der Waals surface area contributed by atoms with Crippen molar-refractivity contribution in [3.05, 3.63) is 30.2 Å². The Balaban J connectivity index is 2.15. The van der Waals surface area contributed by atoms with Crippen LogP contribution in [-0.2, 0) is 11.8 Å². The van der Waals surface area contributed by atoms with E-state index in [1.54, 1.807) is 17.0 Å². The number of nitrogens with one attached hydrogen (secondary N) is 1. The number of carbonyl (C=O) groups excluding carboxylic acids is 1. The fourth-order valence-electron chi connectivity index (χ4n) is 1.60. The molecule has 0 spiro atoms. The molecule has 1 unspecified atom stereocenters. The third-order valence-corrected chi connectivity index (χ3v) is 2.52. The number of rotatable bonds is 4. The molecular weight excluding hydrogens is 248 g/mol. The molecule has 0 bridgehead atoms. The molecule has 19 heavy (non-hydrogen) atoms. The summed E-state index contributed by atoms with van der Waals surface area (Å²) < 4.78 is 6.38. The molecule has 0 fully saturated rings. The molecule has 0 aliphatic heterocycles. The summed E-state index contributed by atoms with van der Waals surface area (Å²) in [6.45, 7) is 1.92. The van der Waals surface area contributed by atoms with Gasteiger partial charge >= 0.3 is 5.97 Å². The Kier molecular flexibility index (Phi) is 3.69. The van der Waals surface area contributed by atoms with Gasteiger partial charge in [-0.05, 0) is 13.0 Å². The van der Waals surface area contributed by atoms with Crippen LogP contribution in [0.15, 0.2) is 18.6 Å². The van der Waals surface area contributed by atoms with Crippen LogP contribution in [0.5, 0.6) is 0 Å². The van der Waals surface area contributed by atoms with Crippen LogP contribution in [0, 0.1) is 0 Å². The maximum atomic E-state index is 11.3. The van der Waals surface area contributed by atoms with Gasteiger partial charge in [-0.1, -0.05) is 0 Å². The minimum Gasteiger partial charge on any atom is -0.463 e. The lowest BCUT2D eigenvalue weighted by molar-refractivity contribution is 0.0587. The van der Waals surface area contributed by atoms with E-state index >= 15 is 0 Å². The summed E-state index contributed by atoms with van der Waals surface area (Å²) in [5.74, 6) is 0.719. The molecule has 100 valence electrons. The molecule has 1 atom stereocenters. The molecule has 2 rings (SSSR count). The summed E-state index contributed by atoms with van der Waals surface area (Å²) in [5.41, 5.74) is 0. The maximum Gasteiger partial charge on any atom is 0.376 e. The van der Waals surface area contributed by atoms with Crippen molar-refractivity contribution in [2.45, 2.75) is 13.0 Å². The quantitative estimate of drug-likeness (QED) is 0.804. The molecule has 0 radical (unpaired) electrons. The smallest absolute Gasteiger partial charge is 0.376 e. The predicted octanol–water partition coefficient (Wildman–Crippen LogP) is 0.565. The van der Waals surface area contributed by atoms with E-state index in [0.29, 0.717) is 5.82 Å². The molecule has 8 heteroatoms. The van der Waals surface area contributed by atoms with Crippen LogP contribution in [0.2, 0.25) is 0 Å². The van der Waals surface area contributed by atoms with Crippen LogP contribution in [0.25, 0.3) is 0 Å². The Hall–Kier alpha value is -2.51. The Morgan fingerprint density at radius 3 is 2.95 bits per heavy atom. The largest absolute Gasteiger partial charge is 0.463 e. The zero-order valence-electron chi connectivity index (χ0n) is 10.9. The minimum atomic E-state index is -0.574. The molecule has 2 aromatic heterocycles. The molecule has 0 aromatic carbocycles. The van der Waals surface area contributed by atoms with Gasteiger partial charge in [-0.25, -0.2) is 14.8 Å². The molecule has 1 N–H and O–H groups in total. The summed E-state index contributed by atoms with van der Waals surface area (Å²) in [7, 11) is 3.14. The minimum absolute atomic E-state index is 0.0117. The van der Waals surface area contributed by atoms with Gasteiger partial charge in [0.25, 0.3) is 0 Å². The van der Waals surface area contributed by atoms with Crippen molar-refractivity contribution >= 4 is 11.8 Å². The van der Waals surface area contributed by atoms with Gasteiger partial charge in [-0.2, -0.15) is 0 Å². The highest BCUT2D eigenvalue weighted by molar-refractivity contribution is 5.85. The Bertz CT molecular complexity index is 582. The van der Waals surface area contributed by atoms with E-state index in [2.05, 4.69) is 30.2 Å². The lowest BCUT2D eigenvalue weighted by Crippen LogP contribution is -2.15. The maximum absolute atomic E-state index is 11.3. The number of methoxy groups -OCH3 is 1. The zero-order chi connectivity index (χ0) is 13.8. The van der Waals surface area contributed by atoms with Gasteiger partial charge in [0.2, 0.25) is 5.82 Å². The van der Waals surface area contributed by atoms with Crippen molar-refractivity contribution in [1.29, 1.82) is 0 Å². The number of aryl methyl sites for hydroxylation is 1. The first kappa shape index (κ1) is 12.9. The molecule has 0 amide bonds. The van der Waals surface area contributed by atoms with Crippen LogP contribution in [0.3, 0.4) is 0 Å². The first-order chi connectivity index (χ1) is 9.11. The van der Waals surface area contributed by atoms with Crippen molar-refractivity contribution < 1.29 is 9.53 Å². The normalized spacial score (nSPS) is 11.9. The van der Waals surface area contributed by atoms with Gasteiger partial charge in [-0.3, -0.25) is 0 Å². The van der Waals surface area contributed by atoms with E-state index in [0.717, 1.165) is 5.82 Å². The highest BCUT2D eigenvalue weighted by Crippen LogP contribution is 2.14. The summed E-state index contributed by atoms with van der Waals surface area (Å²) in [6.07, 6.45) is 3.11. The van der Waals surface area contributed by atoms with E-state index in [1.165, 1.54) is 13.3 Å². The number of hydrogen-bond donors (Lipinski definition) is 1. The summed E-state index contributed by atoms with van der Waals surface area (Å²) in [6, 6.07) is 1.56. The second-order valence-corrected chi connectivity index (χ2v) is 3.92. The molecule has 0 aliphatic carbocycles. The van der Waals surface area contributed by atoms with E-state index in [9.17, 15) is 4.79 Å².